The fourth-order valence-corrected chi connectivity index (χ4v) is 1.75. The summed E-state index contributed by atoms with van der Waals surface area (Å²) < 4.78 is 4.35. The van der Waals surface area contributed by atoms with E-state index in [1.165, 1.54) is 12.3 Å². The van der Waals surface area contributed by atoms with Gasteiger partial charge in [-0.2, -0.15) is 10.4 Å². The van der Waals surface area contributed by atoms with Crippen molar-refractivity contribution in [2.75, 3.05) is 7.11 Å². The molecule has 0 aliphatic carbocycles. The maximum Gasteiger partial charge on any atom is 0.379 e. The van der Waals surface area contributed by atoms with E-state index in [9.17, 15) is 20.0 Å². The standard InChI is InChI=1S/C11H10N2O5/c1-18-11(15)10(14)6-5-12-7-3-2-4-8(9(6)7)13(16)17/h2-5,12,16-17H,1H3/p+1. The van der Waals surface area contributed by atoms with Crippen molar-refractivity contribution in [1.82, 2.24) is 4.98 Å². The number of Topliss-reactive ketones (excluding diaryl/α,β-unsaturated/α-hetero) is 1. The molecule has 0 unspecified atom stereocenters. The van der Waals surface area contributed by atoms with Crippen LogP contribution in [0.25, 0.3) is 10.9 Å². The highest BCUT2D eigenvalue weighted by Crippen LogP contribution is 2.24. The first kappa shape index (κ1) is 12.2. The smallest absolute Gasteiger partial charge is 0.379 e. The van der Waals surface area contributed by atoms with Gasteiger partial charge in [0.1, 0.15) is 0 Å². The quantitative estimate of drug-likeness (QED) is 0.262. The number of H-pyrrole nitrogens is 1. The maximum atomic E-state index is 11.8. The summed E-state index contributed by atoms with van der Waals surface area (Å²) >= 11 is 0. The van der Waals surface area contributed by atoms with Crippen LogP contribution in [0.3, 0.4) is 0 Å². The highest BCUT2D eigenvalue weighted by atomic mass is 16.8. The number of aromatic nitrogens is 1. The number of benzene rings is 1. The number of carbonyl (C=O) groups excluding carboxylic acids is 2. The van der Waals surface area contributed by atoms with Gasteiger partial charge in [0.05, 0.1) is 23.6 Å². The lowest BCUT2D eigenvalue weighted by Gasteiger charge is -2.03. The summed E-state index contributed by atoms with van der Waals surface area (Å²) in [5, 5.41) is 17.7. The molecule has 0 aliphatic heterocycles. The molecule has 2 aromatic rings. The van der Waals surface area contributed by atoms with E-state index in [-0.39, 0.29) is 16.6 Å². The molecule has 0 radical (unpaired) electrons. The lowest BCUT2D eigenvalue weighted by atomic mass is 10.1. The van der Waals surface area contributed by atoms with Gasteiger partial charge in [-0.25, -0.2) is 4.79 Å². The van der Waals surface area contributed by atoms with Crippen LogP contribution in [0.4, 0.5) is 5.69 Å². The molecule has 1 aromatic heterocycles. The number of rotatable bonds is 3. The van der Waals surface area contributed by atoms with Crippen LogP contribution in [-0.2, 0) is 9.53 Å². The zero-order chi connectivity index (χ0) is 13.3. The van der Waals surface area contributed by atoms with Gasteiger partial charge in [-0.05, 0) is 11.3 Å². The third-order valence-electron chi connectivity index (χ3n) is 2.56. The number of esters is 1. The number of quaternary nitrogens is 1. The van der Waals surface area contributed by atoms with Gasteiger partial charge < -0.3 is 9.72 Å². The Morgan fingerprint density at radius 2 is 2.06 bits per heavy atom. The Hall–Kier alpha value is -2.22. The number of methoxy groups -OCH3 is 1. The fourth-order valence-electron chi connectivity index (χ4n) is 1.75. The van der Waals surface area contributed by atoms with Gasteiger partial charge in [-0.1, -0.05) is 6.07 Å². The average Bonchev–Trinajstić information content (AvgIpc) is 2.80. The van der Waals surface area contributed by atoms with Gasteiger partial charge in [0.25, 0.3) is 5.78 Å². The maximum absolute atomic E-state index is 11.8. The van der Waals surface area contributed by atoms with Crippen molar-refractivity contribution in [2.24, 2.45) is 0 Å². The summed E-state index contributed by atoms with van der Waals surface area (Å²) in [6.45, 7) is 0. The van der Waals surface area contributed by atoms with Gasteiger partial charge in [0, 0.05) is 12.3 Å². The number of aromatic amines is 1. The summed E-state index contributed by atoms with van der Waals surface area (Å²) in [4.78, 5) is 25.8. The first-order valence-corrected chi connectivity index (χ1v) is 5.04. The molecule has 0 aliphatic rings. The molecule has 1 heterocycles. The van der Waals surface area contributed by atoms with Crippen molar-refractivity contribution in [2.45, 2.75) is 0 Å². The number of carbonyl (C=O) groups is 2. The molecule has 0 spiro atoms. The van der Waals surface area contributed by atoms with Crippen molar-refractivity contribution in [3.8, 4) is 0 Å². The van der Waals surface area contributed by atoms with E-state index in [2.05, 4.69) is 9.72 Å². The summed E-state index contributed by atoms with van der Waals surface area (Å²) in [6.07, 6.45) is 1.33. The Labute approximate surface area is 101 Å². The molecule has 0 fully saturated rings. The summed E-state index contributed by atoms with van der Waals surface area (Å²) in [7, 11) is 1.10. The summed E-state index contributed by atoms with van der Waals surface area (Å²) in [6, 6.07) is 4.67. The molecule has 2 rings (SSSR count). The van der Waals surface area contributed by atoms with Gasteiger partial charge in [0.15, 0.2) is 0 Å². The Morgan fingerprint density at radius 3 is 2.67 bits per heavy atom. The van der Waals surface area contributed by atoms with E-state index in [0.29, 0.717) is 5.52 Å². The van der Waals surface area contributed by atoms with E-state index in [1.54, 1.807) is 12.1 Å². The van der Waals surface area contributed by atoms with E-state index in [4.69, 9.17) is 0 Å². The third kappa shape index (κ3) is 1.86. The van der Waals surface area contributed by atoms with Crippen LogP contribution >= 0.6 is 0 Å². The minimum atomic E-state index is -1.01. The van der Waals surface area contributed by atoms with Crippen molar-refractivity contribution in [3.05, 3.63) is 30.0 Å². The van der Waals surface area contributed by atoms with Crippen LogP contribution in [0.1, 0.15) is 10.4 Å². The lowest BCUT2D eigenvalue weighted by molar-refractivity contribution is -1.19. The van der Waals surface area contributed by atoms with Crippen LogP contribution < -0.4 is 5.23 Å². The SMILES string of the molecule is COC(=O)C(=O)c1c[nH]c2cccc([NH+](O)O)c12. The molecule has 4 N–H and O–H groups in total. The Kier molecular flexibility index (Phi) is 3.11. The number of hydrogen-bond acceptors (Lipinski definition) is 5. The Morgan fingerprint density at radius 1 is 1.33 bits per heavy atom. The third-order valence-corrected chi connectivity index (χ3v) is 2.56. The molecule has 0 atom stereocenters. The Balaban J connectivity index is 2.66. The first-order chi connectivity index (χ1) is 8.56. The molecule has 7 nitrogen and oxygen atoms in total. The van der Waals surface area contributed by atoms with Crippen molar-refractivity contribution in [3.63, 3.8) is 0 Å². The molecule has 1 aromatic carbocycles. The summed E-state index contributed by atoms with van der Waals surface area (Å²) in [5.74, 6) is -1.86. The van der Waals surface area contributed by atoms with E-state index in [0.717, 1.165) is 7.11 Å². The van der Waals surface area contributed by atoms with Gasteiger partial charge in [-0.15, -0.1) is 0 Å². The van der Waals surface area contributed by atoms with E-state index < -0.39 is 17.0 Å². The monoisotopic (exact) mass is 251 g/mol. The number of ketones is 1. The molecule has 0 amide bonds. The lowest BCUT2D eigenvalue weighted by Crippen LogP contribution is -3.01. The molecule has 94 valence electrons. The van der Waals surface area contributed by atoms with Crippen molar-refractivity contribution in [1.29, 1.82) is 0 Å². The highest BCUT2D eigenvalue weighted by Gasteiger charge is 2.25. The Bertz CT molecular complexity index is 617. The number of nitrogens with one attached hydrogen (secondary N) is 2. The highest BCUT2D eigenvalue weighted by molar-refractivity contribution is 6.43. The number of ether oxygens (including phenoxy) is 1. The average molecular weight is 251 g/mol. The van der Waals surface area contributed by atoms with E-state index >= 15 is 0 Å². The second-order valence-electron chi connectivity index (χ2n) is 3.57. The van der Waals surface area contributed by atoms with Crippen LogP contribution in [-0.4, -0.2) is 34.3 Å². The van der Waals surface area contributed by atoms with Crippen LogP contribution in [0.15, 0.2) is 24.4 Å². The normalized spacial score (nSPS) is 10.9. The molecule has 18 heavy (non-hydrogen) atoms. The van der Waals surface area contributed by atoms with Crippen LogP contribution in [0.2, 0.25) is 0 Å². The number of fused-ring (bicyclic) bond motifs is 1. The van der Waals surface area contributed by atoms with Crippen LogP contribution in [0.5, 0.6) is 0 Å². The minimum absolute atomic E-state index is 0.0352. The predicted octanol–water partition coefficient (Wildman–Crippen LogP) is -0.182. The predicted molar refractivity (Wildman–Crippen MR) is 58.8 cm³/mol. The fraction of sp³-hybridized carbons (Fsp3) is 0.0909. The molecule has 0 bridgehead atoms. The zero-order valence-corrected chi connectivity index (χ0v) is 9.43. The zero-order valence-electron chi connectivity index (χ0n) is 9.43. The first-order valence-electron chi connectivity index (χ1n) is 5.04. The minimum Gasteiger partial charge on any atom is -0.463 e. The second-order valence-corrected chi connectivity index (χ2v) is 3.57. The molecular formula is C11H11N2O5+. The second kappa shape index (κ2) is 4.57. The molecule has 0 saturated carbocycles. The molecule has 7 heteroatoms. The van der Waals surface area contributed by atoms with E-state index in [1.807, 2.05) is 0 Å². The van der Waals surface area contributed by atoms with Gasteiger partial charge in [-0.3, -0.25) is 4.79 Å². The molecular weight excluding hydrogens is 240 g/mol. The number of hydrogen-bond donors (Lipinski definition) is 4. The van der Waals surface area contributed by atoms with Crippen molar-refractivity contribution < 1.29 is 30.0 Å². The summed E-state index contributed by atoms with van der Waals surface area (Å²) in [5.41, 5.74) is 0.620. The van der Waals surface area contributed by atoms with Gasteiger partial charge >= 0.3 is 5.97 Å². The van der Waals surface area contributed by atoms with Gasteiger partial charge in [0.2, 0.25) is 5.69 Å². The van der Waals surface area contributed by atoms with Crippen LogP contribution in [0, 0.1) is 0 Å². The largest absolute Gasteiger partial charge is 0.463 e. The molecule has 0 saturated heterocycles. The topological polar surface area (TPSA) is 104 Å². The van der Waals surface area contributed by atoms with Crippen molar-refractivity contribution >= 4 is 28.3 Å².